The third kappa shape index (κ3) is 16.0. The van der Waals surface area contributed by atoms with E-state index in [4.69, 9.17) is 40.8 Å². The van der Waals surface area contributed by atoms with E-state index in [2.05, 4.69) is 78.4 Å². The number of aromatic nitrogens is 4. The number of benzene rings is 3. The van der Waals surface area contributed by atoms with Crippen LogP contribution in [0.4, 0.5) is 5.95 Å². The zero-order valence-corrected chi connectivity index (χ0v) is 51.0. The van der Waals surface area contributed by atoms with E-state index in [-0.39, 0.29) is 40.6 Å². The Morgan fingerprint density at radius 2 is 1.36 bits per heavy atom. The molecule has 2 N–H and O–H groups in total. The minimum atomic E-state index is -3.42. The molecule has 2 unspecified atom stereocenters. The van der Waals surface area contributed by atoms with Crippen LogP contribution in [0.15, 0.2) is 90.0 Å². The lowest BCUT2D eigenvalue weighted by atomic mass is 9.79. The number of hydrogen-bond acceptors (Lipinski definition) is 12. The number of nitrogens with zero attached hydrogens (tertiary/aromatic N) is 3. The highest BCUT2D eigenvalue weighted by Crippen LogP contribution is 2.46. The Labute approximate surface area is 445 Å². The molecule has 3 heterocycles. The molecule has 1 amide bonds. The van der Waals surface area contributed by atoms with Gasteiger partial charge < -0.3 is 18.8 Å². The van der Waals surface area contributed by atoms with Crippen LogP contribution >= 0.6 is 8.25 Å². The SMILES string of the molecule is Cc1ccc(C(OC[C@H]2O[C@@H](n3cnc4c(=O)[nH]c(NC(=O)C(C)C)nc43)[C@@H](O[P+](=O)[O-])C2O[Si](C)(C)C(C)(C)C)(c2ccccc2)c2ccc(C)cc2)cc1.S=S=S=S=S=S=S=S=S=S=S=S=S. The molecule has 3 aromatic carbocycles. The number of H-pyrrole nitrogens is 1. The first-order chi connectivity index (χ1) is 32.8. The Hall–Kier alpha value is -1.54. The second-order valence-electron chi connectivity index (χ2n) is 16.9. The number of fused-ring (bicyclic) bond motifs is 1. The van der Waals surface area contributed by atoms with E-state index in [1.54, 1.807) is 93.8 Å². The lowest BCUT2D eigenvalue weighted by molar-refractivity contribution is -0.194. The molecule has 1 saturated heterocycles. The van der Waals surface area contributed by atoms with Crippen molar-refractivity contribution in [3.63, 3.8) is 0 Å². The third-order valence-electron chi connectivity index (χ3n) is 11.0. The topological polar surface area (TPSA) is 170 Å². The van der Waals surface area contributed by atoms with Gasteiger partial charge in [-0.3, -0.25) is 24.5 Å². The molecule has 13 nitrogen and oxygen atoms in total. The zero-order chi connectivity index (χ0) is 50.4. The van der Waals surface area contributed by atoms with Gasteiger partial charge in [0, 0.05) is 126 Å². The highest BCUT2D eigenvalue weighted by Gasteiger charge is 2.55. The van der Waals surface area contributed by atoms with Crippen LogP contribution in [-0.4, -0.2) is 58.7 Å². The zero-order valence-electron chi connectivity index (χ0n) is 38.5. The molecule has 1 aliphatic rings. The van der Waals surface area contributed by atoms with Crippen molar-refractivity contribution in [1.82, 2.24) is 19.5 Å². The number of hydrogen-bond donors (Lipinski definition) is 2. The third-order valence-corrected chi connectivity index (χ3v) is 38.2. The Morgan fingerprint density at radius 1 is 0.855 bits per heavy atom. The fourth-order valence-corrected chi connectivity index (χ4v) is 33.1. The molecular weight excluding hydrogens is 1170 g/mol. The number of carbonyl (C=O) groups excluding carboxylic acids is 1. The average Bonchev–Trinajstić information content (AvgIpc) is 3.87. The molecule has 374 valence electrons. The van der Waals surface area contributed by atoms with E-state index in [9.17, 15) is 19.0 Å². The van der Waals surface area contributed by atoms with Crippen molar-refractivity contribution >= 4 is 160 Å². The molecule has 5 aromatic rings. The summed E-state index contributed by atoms with van der Waals surface area (Å²) in [5, 5.41) is 2.35. The largest absolute Gasteiger partial charge is 0.566 e. The number of ether oxygens (including phenoxy) is 2. The molecule has 1 aliphatic heterocycles. The molecular formula is C41H50N5O8PS13Si. The van der Waals surface area contributed by atoms with Crippen LogP contribution < -0.4 is 15.8 Å². The van der Waals surface area contributed by atoms with Gasteiger partial charge in [-0.25, -0.2) is 4.98 Å². The Bertz CT molecular complexity index is 3110. The van der Waals surface area contributed by atoms with Gasteiger partial charge in [0.15, 0.2) is 31.8 Å². The first-order valence-electron chi connectivity index (χ1n) is 20.7. The first-order valence-corrected chi connectivity index (χ1v) is 40.7. The summed E-state index contributed by atoms with van der Waals surface area (Å²) < 4.78 is 40.8. The molecule has 2 aromatic heterocycles. The van der Waals surface area contributed by atoms with Gasteiger partial charge in [-0.15, -0.1) is 4.52 Å². The average molecular weight is 1220 g/mol. The summed E-state index contributed by atoms with van der Waals surface area (Å²) in [4.78, 5) is 49.7. The highest BCUT2D eigenvalue weighted by atomic mass is 33.5. The number of rotatable bonds is 13. The maximum absolute atomic E-state index is 13.2. The van der Waals surface area contributed by atoms with Gasteiger partial charge in [-0.05, 0) is 53.2 Å². The van der Waals surface area contributed by atoms with Gasteiger partial charge in [0.1, 0.15) is 17.8 Å². The quantitative estimate of drug-likeness (QED) is 0.0705. The van der Waals surface area contributed by atoms with Crippen LogP contribution in [0, 0.1) is 19.8 Å². The van der Waals surface area contributed by atoms with Crippen LogP contribution in [-0.2, 0) is 153 Å². The number of nitrogens with one attached hydrogen (secondary N) is 2. The molecule has 0 saturated carbocycles. The van der Waals surface area contributed by atoms with Gasteiger partial charge >= 0.3 is 8.25 Å². The maximum Gasteiger partial charge on any atom is 0.489 e. The summed E-state index contributed by atoms with van der Waals surface area (Å²) >= 11 is 9.40. The molecule has 5 atom stereocenters. The van der Waals surface area contributed by atoms with Crippen LogP contribution in [0.5, 0.6) is 0 Å². The fourth-order valence-electron chi connectivity index (χ4n) is 6.68. The van der Waals surface area contributed by atoms with E-state index in [0.29, 0.717) is 0 Å². The van der Waals surface area contributed by atoms with Crippen molar-refractivity contribution in [1.29, 1.82) is 0 Å². The number of amides is 1. The van der Waals surface area contributed by atoms with E-state index in [1.807, 2.05) is 68.4 Å². The number of aromatic amines is 1. The summed E-state index contributed by atoms with van der Waals surface area (Å²) in [5.41, 5.74) is 3.09. The maximum atomic E-state index is 13.2. The van der Waals surface area contributed by atoms with Gasteiger partial charge in [0.25, 0.3) is 5.56 Å². The first kappa shape index (κ1) is 58.3. The van der Waals surface area contributed by atoms with Crippen molar-refractivity contribution in [2.75, 3.05) is 11.9 Å². The summed E-state index contributed by atoms with van der Waals surface area (Å²) in [6.07, 6.45) is -2.94. The predicted octanol–water partition coefficient (Wildman–Crippen LogP) is 7.00. The van der Waals surface area contributed by atoms with Crippen LogP contribution in [0.2, 0.25) is 18.1 Å². The van der Waals surface area contributed by atoms with Crippen molar-refractivity contribution in [2.24, 2.45) is 5.92 Å². The standard InChI is InChI=1S/C41H50N5O8PSi.S13/c1-25(2)36(47)44-39-43-35-32(37(48)45-39)42-24-46(35)38-34(53-55(49)50)33(54-56(8,9)40(5,6)7)31(52-38)23-51-41(28-13-11-10-12-14-28,29-19-15-26(3)16-20-29)30-21-17-27(4)18-22-30;1-3-5-7-9-11-13-12-10-8-6-4-2/h10-22,24-25,31,33-34,38H,23H2,1-9H3,(H2,43,44,45,47,48);/t31-,33?,34+,38-;/m1./s1. The van der Waals surface area contributed by atoms with Gasteiger partial charge in [0.2, 0.25) is 11.9 Å². The molecule has 6 rings (SSSR count). The lowest BCUT2D eigenvalue weighted by Crippen LogP contribution is -2.50. The molecule has 69 heavy (non-hydrogen) atoms. The van der Waals surface area contributed by atoms with Crippen LogP contribution in [0.1, 0.15) is 68.7 Å². The number of anilines is 1. The highest BCUT2D eigenvalue weighted by molar-refractivity contribution is 8.75. The summed E-state index contributed by atoms with van der Waals surface area (Å²) in [5.74, 6) is -0.836. The predicted molar refractivity (Wildman–Crippen MR) is 310 cm³/mol. The minimum absolute atomic E-state index is 0.0372. The number of imidazole rings is 1. The summed E-state index contributed by atoms with van der Waals surface area (Å²) in [6.45, 7) is 17.8. The van der Waals surface area contributed by atoms with Crippen molar-refractivity contribution < 1.29 is 32.7 Å². The van der Waals surface area contributed by atoms with Crippen LogP contribution in [0.3, 0.4) is 0 Å². The van der Waals surface area contributed by atoms with E-state index in [0.717, 1.165) is 27.8 Å². The fraction of sp³-hybridized carbons (Fsp3) is 0.415. The number of aryl methyl sites for hydroxylation is 2. The molecule has 0 radical (unpaired) electrons. The smallest absolute Gasteiger partial charge is 0.489 e. The van der Waals surface area contributed by atoms with Crippen LogP contribution in [0.25, 0.3) is 11.2 Å². The van der Waals surface area contributed by atoms with Crippen molar-refractivity contribution in [2.45, 2.75) is 96.7 Å². The second kappa shape index (κ2) is 27.7. The second-order valence-corrected chi connectivity index (χ2v) is 41.8. The van der Waals surface area contributed by atoms with E-state index >= 15 is 0 Å². The minimum Gasteiger partial charge on any atom is -0.566 e. The van der Waals surface area contributed by atoms with E-state index in [1.165, 1.54) is 28.7 Å². The van der Waals surface area contributed by atoms with Crippen molar-refractivity contribution in [3.8, 4) is 0 Å². The van der Waals surface area contributed by atoms with Gasteiger partial charge in [-0.2, -0.15) is 4.98 Å². The van der Waals surface area contributed by atoms with Gasteiger partial charge in [0.05, 0.1) is 12.9 Å². The number of carbonyl (C=O) groups is 1. The Balaban J connectivity index is 0.000000597. The normalized spacial score (nSPS) is 17.1. The molecule has 1 fully saturated rings. The summed E-state index contributed by atoms with van der Waals surface area (Å²) in [6, 6.07) is 26.3. The monoisotopic (exact) mass is 1210 g/mol. The van der Waals surface area contributed by atoms with Gasteiger partial charge in [-0.1, -0.05) is 125 Å². The molecule has 0 bridgehead atoms. The molecule has 0 spiro atoms. The Kier molecular flexibility index (Phi) is 23.4. The molecule has 0 aliphatic carbocycles. The molecule has 28 heteroatoms. The van der Waals surface area contributed by atoms with Crippen molar-refractivity contribution in [3.05, 3.63) is 123 Å². The summed E-state index contributed by atoms with van der Waals surface area (Å²) in [7, 11) is 12.0. The van der Waals surface area contributed by atoms with E-state index < -0.39 is 52.3 Å². The lowest BCUT2D eigenvalue weighted by Gasteiger charge is -2.41. The Morgan fingerprint density at radius 3 is 1.84 bits per heavy atom.